The average Bonchev–Trinajstić information content (AvgIpc) is 2.81. The summed E-state index contributed by atoms with van der Waals surface area (Å²) in [4.78, 5) is 51.9. The van der Waals surface area contributed by atoms with Gasteiger partial charge in [-0.1, -0.05) is 18.2 Å². The maximum absolute atomic E-state index is 13.1. The van der Waals surface area contributed by atoms with Gasteiger partial charge in [-0.15, -0.1) is 0 Å². The van der Waals surface area contributed by atoms with E-state index >= 15 is 0 Å². The van der Waals surface area contributed by atoms with Crippen LogP contribution in [-0.2, 0) is 34.2 Å². The SMILES string of the molecule is CCOC(=O)C(=O)C1(OC(=O)OC(C)(C)C)C(=O)N(CC)c2ccccc21. The molecule has 1 atom stereocenters. The van der Waals surface area contributed by atoms with Crippen LogP contribution in [0.4, 0.5) is 10.5 Å². The van der Waals surface area contributed by atoms with Crippen LogP contribution in [-0.4, -0.2) is 42.6 Å². The first kappa shape index (κ1) is 20.4. The fourth-order valence-electron chi connectivity index (χ4n) is 2.84. The highest BCUT2D eigenvalue weighted by Crippen LogP contribution is 2.44. The number of ketones is 1. The molecule has 0 aliphatic carbocycles. The molecule has 1 aliphatic heterocycles. The molecule has 0 saturated carbocycles. The van der Waals surface area contributed by atoms with Gasteiger partial charge in [-0.25, -0.2) is 9.59 Å². The summed E-state index contributed by atoms with van der Waals surface area (Å²) in [6, 6.07) is 6.32. The van der Waals surface area contributed by atoms with E-state index in [0.717, 1.165) is 0 Å². The molecule has 1 aliphatic rings. The molecule has 1 aromatic rings. The number of ether oxygens (including phenoxy) is 3. The molecule has 0 aromatic heterocycles. The Morgan fingerprint density at radius 3 is 2.30 bits per heavy atom. The van der Waals surface area contributed by atoms with Gasteiger partial charge in [0.2, 0.25) is 0 Å². The largest absolute Gasteiger partial charge is 0.510 e. The molecule has 8 heteroatoms. The highest BCUT2D eigenvalue weighted by Gasteiger charge is 2.62. The van der Waals surface area contributed by atoms with Crippen LogP contribution < -0.4 is 4.90 Å². The average molecular weight is 377 g/mol. The summed E-state index contributed by atoms with van der Waals surface area (Å²) < 4.78 is 15.1. The second kappa shape index (κ2) is 7.38. The number of anilines is 1. The van der Waals surface area contributed by atoms with Gasteiger partial charge < -0.3 is 19.1 Å². The van der Waals surface area contributed by atoms with Crippen molar-refractivity contribution >= 4 is 29.5 Å². The Labute approximate surface area is 157 Å². The molecule has 1 amide bonds. The summed E-state index contributed by atoms with van der Waals surface area (Å²) in [6.45, 7) is 8.19. The molecule has 1 unspecified atom stereocenters. The monoisotopic (exact) mass is 377 g/mol. The van der Waals surface area contributed by atoms with Gasteiger partial charge in [0.25, 0.3) is 17.3 Å². The zero-order valence-corrected chi connectivity index (χ0v) is 16.0. The third kappa shape index (κ3) is 3.65. The molecule has 1 heterocycles. The molecule has 1 aromatic carbocycles. The molecule has 0 saturated heterocycles. The van der Waals surface area contributed by atoms with Crippen molar-refractivity contribution in [1.29, 1.82) is 0 Å². The van der Waals surface area contributed by atoms with Crippen molar-refractivity contribution in [2.75, 3.05) is 18.1 Å². The second-order valence-corrected chi connectivity index (χ2v) is 6.86. The van der Waals surface area contributed by atoms with Gasteiger partial charge in [0.1, 0.15) is 5.60 Å². The van der Waals surface area contributed by atoms with Crippen molar-refractivity contribution in [1.82, 2.24) is 0 Å². The molecular formula is C19H23NO7. The summed E-state index contributed by atoms with van der Waals surface area (Å²) >= 11 is 0. The lowest BCUT2D eigenvalue weighted by Crippen LogP contribution is -2.52. The lowest BCUT2D eigenvalue weighted by Gasteiger charge is -2.28. The summed E-state index contributed by atoms with van der Waals surface area (Å²) in [5.74, 6) is -3.37. The Morgan fingerprint density at radius 2 is 1.74 bits per heavy atom. The van der Waals surface area contributed by atoms with Crippen LogP contribution in [0.2, 0.25) is 0 Å². The maximum Gasteiger partial charge on any atom is 0.510 e. The van der Waals surface area contributed by atoms with Gasteiger partial charge >= 0.3 is 12.1 Å². The molecular weight excluding hydrogens is 354 g/mol. The molecule has 0 spiro atoms. The van der Waals surface area contributed by atoms with Crippen LogP contribution in [0, 0.1) is 0 Å². The van der Waals surface area contributed by atoms with Gasteiger partial charge in [0, 0.05) is 12.1 Å². The highest BCUT2D eigenvalue weighted by molar-refractivity contribution is 6.44. The van der Waals surface area contributed by atoms with Gasteiger partial charge in [-0.3, -0.25) is 9.59 Å². The normalized spacial score (nSPS) is 18.7. The maximum atomic E-state index is 13.1. The fraction of sp³-hybridized carbons (Fsp3) is 0.474. The zero-order chi connectivity index (χ0) is 20.4. The predicted octanol–water partition coefficient (Wildman–Crippen LogP) is 2.33. The van der Waals surface area contributed by atoms with Crippen molar-refractivity contribution in [3.8, 4) is 0 Å². The first-order chi connectivity index (χ1) is 12.6. The molecule has 0 fully saturated rings. The third-order valence-corrected chi connectivity index (χ3v) is 3.84. The van der Waals surface area contributed by atoms with Crippen LogP contribution in [0.25, 0.3) is 0 Å². The van der Waals surface area contributed by atoms with Crippen LogP contribution >= 0.6 is 0 Å². The lowest BCUT2D eigenvalue weighted by molar-refractivity contribution is -0.169. The molecule has 0 radical (unpaired) electrons. The van der Waals surface area contributed by atoms with Gasteiger partial charge in [-0.05, 0) is 40.7 Å². The van der Waals surface area contributed by atoms with Crippen molar-refractivity contribution in [3.05, 3.63) is 29.8 Å². The smallest absolute Gasteiger partial charge is 0.460 e. The van der Waals surface area contributed by atoms with E-state index in [9.17, 15) is 19.2 Å². The number of para-hydroxylation sites is 1. The summed E-state index contributed by atoms with van der Waals surface area (Å²) in [6.07, 6.45) is -1.23. The highest BCUT2D eigenvalue weighted by atomic mass is 16.7. The number of amides is 1. The van der Waals surface area contributed by atoms with Crippen LogP contribution in [0.3, 0.4) is 0 Å². The van der Waals surface area contributed by atoms with Gasteiger partial charge in [0.15, 0.2) is 0 Å². The Morgan fingerprint density at radius 1 is 1.11 bits per heavy atom. The van der Waals surface area contributed by atoms with E-state index < -0.39 is 35.0 Å². The van der Waals surface area contributed by atoms with E-state index in [4.69, 9.17) is 14.2 Å². The number of carbonyl (C=O) groups excluding carboxylic acids is 4. The molecule has 146 valence electrons. The number of carbonyl (C=O) groups is 4. The van der Waals surface area contributed by atoms with E-state index in [-0.39, 0.29) is 18.7 Å². The number of hydrogen-bond donors (Lipinski definition) is 0. The minimum atomic E-state index is -2.47. The quantitative estimate of drug-likeness (QED) is 0.441. The number of fused-ring (bicyclic) bond motifs is 1. The molecule has 8 nitrogen and oxygen atoms in total. The Kier molecular flexibility index (Phi) is 5.58. The van der Waals surface area contributed by atoms with Crippen molar-refractivity contribution in [3.63, 3.8) is 0 Å². The Bertz CT molecular complexity index is 781. The second-order valence-electron chi connectivity index (χ2n) is 6.86. The number of nitrogens with zero attached hydrogens (tertiary/aromatic N) is 1. The fourth-order valence-corrected chi connectivity index (χ4v) is 2.84. The Balaban J connectivity index is 2.60. The summed E-state index contributed by atoms with van der Waals surface area (Å²) in [5.41, 5.74) is -2.91. The minimum absolute atomic E-state index is 0.0690. The van der Waals surface area contributed by atoms with Gasteiger partial charge in [0.05, 0.1) is 12.3 Å². The van der Waals surface area contributed by atoms with Crippen molar-refractivity contribution < 1.29 is 33.4 Å². The van der Waals surface area contributed by atoms with Gasteiger partial charge in [-0.2, -0.15) is 0 Å². The van der Waals surface area contributed by atoms with E-state index in [1.54, 1.807) is 45.9 Å². The third-order valence-electron chi connectivity index (χ3n) is 3.84. The number of likely N-dealkylation sites (N-methyl/N-ethyl adjacent to an activating group) is 1. The number of rotatable bonds is 5. The van der Waals surface area contributed by atoms with E-state index in [2.05, 4.69) is 0 Å². The number of hydrogen-bond acceptors (Lipinski definition) is 7. The minimum Gasteiger partial charge on any atom is -0.460 e. The molecule has 27 heavy (non-hydrogen) atoms. The van der Waals surface area contributed by atoms with Crippen LogP contribution in [0.5, 0.6) is 0 Å². The van der Waals surface area contributed by atoms with Crippen LogP contribution in [0.1, 0.15) is 40.2 Å². The van der Waals surface area contributed by atoms with Crippen molar-refractivity contribution in [2.24, 2.45) is 0 Å². The number of Topliss-reactive ketones (excluding diaryl/α,β-unsaturated/α-hetero) is 1. The van der Waals surface area contributed by atoms with E-state index in [1.165, 1.54) is 17.9 Å². The number of esters is 1. The number of benzene rings is 1. The van der Waals surface area contributed by atoms with Crippen LogP contribution in [0.15, 0.2) is 24.3 Å². The van der Waals surface area contributed by atoms with E-state index in [1.807, 2.05) is 0 Å². The summed E-state index contributed by atoms with van der Waals surface area (Å²) in [7, 11) is 0. The first-order valence-electron chi connectivity index (χ1n) is 8.63. The zero-order valence-electron chi connectivity index (χ0n) is 16.0. The molecule has 2 rings (SSSR count). The topological polar surface area (TPSA) is 99.2 Å². The Hall–Kier alpha value is -2.90. The first-order valence-corrected chi connectivity index (χ1v) is 8.63. The summed E-state index contributed by atoms with van der Waals surface area (Å²) in [5, 5.41) is 0. The predicted molar refractivity (Wildman–Crippen MR) is 95.1 cm³/mol. The molecule has 0 bridgehead atoms. The van der Waals surface area contributed by atoms with Crippen molar-refractivity contribution in [2.45, 2.75) is 45.8 Å². The lowest BCUT2D eigenvalue weighted by atomic mass is 9.90. The van der Waals surface area contributed by atoms with E-state index in [0.29, 0.717) is 5.69 Å². The standard InChI is InChI=1S/C19H23NO7/c1-6-20-13-11-9-8-10-12(13)19(16(20)23,14(21)15(22)25-7-2)27-17(24)26-18(3,4)5/h8-11H,6-7H2,1-5H3. The molecule has 0 N–H and O–H groups in total.